The lowest BCUT2D eigenvalue weighted by atomic mass is 10.0. The van der Waals surface area contributed by atoms with Crippen LogP contribution in [0.25, 0.3) is 0 Å². The Hall–Kier alpha value is -0.870. The van der Waals surface area contributed by atoms with Gasteiger partial charge < -0.3 is 10.5 Å². The summed E-state index contributed by atoms with van der Waals surface area (Å²) < 4.78 is 4.95. The Morgan fingerprint density at radius 2 is 2.19 bits per heavy atom. The molecule has 4 nitrogen and oxygen atoms in total. The van der Waals surface area contributed by atoms with Gasteiger partial charge in [-0.1, -0.05) is 25.4 Å². The SMILES string of the molecule is COc1ncc(Cl)c(CC(N)CC(C)C)n1. The largest absolute Gasteiger partial charge is 0.467 e. The van der Waals surface area contributed by atoms with Crippen molar-refractivity contribution < 1.29 is 4.74 Å². The van der Waals surface area contributed by atoms with Crippen LogP contribution in [0.5, 0.6) is 6.01 Å². The summed E-state index contributed by atoms with van der Waals surface area (Å²) in [4.78, 5) is 8.11. The number of halogens is 1. The number of methoxy groups -OCH3 is 1. The number of nitrogens with two attached hydrogens (primary N) is 1. The van der Waals surface area contributed by atoms with Crippen LogP contribution in [0, 0.1) is 5.92 Å². The molecule has 0 saturated carbocycles. The molecule has 1 atom stereocenters. The molecular weight excluding hydrogens is 226 g/mol. The van der Waals surface area contributed by atoms with Gasteiger partial charge in [0.2, 0.25) is 0 Å². The molecule has 5 heteroatoms. The summed E-state index contributed by atoms with van der Waals surface area (Å²) in [5.74, 6) is 0.567. The summed E-state index contributed by atoms with van der Waals surface area (Å²) in [6, 6.07) is 0.397. The Kier molecular flexibility index (Phi) is 4.96. The highest BCUT2D eigenvalue weighted by atomic mass is 35.5. The number of hydrogen-bond donors (Lipinski definition) is 1. The van der Waals surface area contributed by atoms with Crippen molar-refractivity contribution in [3.63, 3.8) is 0 Å². The van der Waals surface area contributed by atoms with E-state index >= 15 is 0 Å². The van der Waals surface area contributed by atoms with Gasteiger partial charge in [0, 0.05) is 12.5 Å². The second-order valence-electron chi connectivity index (χ2n) is 4.25. The predicted molar refractivity (Wildman–Crippen MR) is 64.7 cm³/mol. The third-order valence-electron chi connectivity index (χ3n) is 2.21. The summed E-state index contributed by atoms with van der Waals surface area (Å²) in [5.41, 5.74) is 6.76. The zero-order chi connectivity index (χ0) is 12.1. The lowest BCUT2D eigenvalue weighted by Gasteiger charge is -2.14. The molecule has 0 aromatic carbocycles. The fourth-order valence-electron chi connectivity index (χ4n) is 1.56. The van der Waals surface area contributed by atoms with Crippen LogP contribution in [0.3, 0.4) is 0 Å². The maximum Gasteiger partial charge on any atom is 0.316 e. The molecule has 0 spiro atoms. The average molecular weight is 244 g/mol. The third-order valence-corrected chi connectivity index (χ3v) is 2.52. The second-order valence-corrected chi connectivity index (χ2v) is 4.65. The number of hydrogen-bond acceptors (Lipinski definition) is 4. The van der Waals surface area contributed by atoms with Gasteiger partial charge in [-0.15, -0.1) is 0 Å². The molecule has 0 amide bonds. The van der Waals surface area contributed by atoms with Gasteiger partial charge in [-0.3, -0.25) is 0 Å². The first-order valence-electron chi connectivity index (χ1n) is 5.34. The third kappa shape index (κ3) is 3.94. The van der Waals surface area contributed by atoms with Crippen molar-refractivity contribution >= 4 is 11.6 Å². The number of ether oxygens (including phenoxy) is 1. The van der Waals surface area contributed by atoms with Crippen LogP contribution in [0.4, 0.5) is 0 Å². The molecule has 1 heterocycles. The quantitative estimate of drug-likeness (QED) is 0.860. The topological polar surface area (TPSA) is 61.0 Å². The van der Waals surface area contributed by atoms with E-state index in [9.17, 15) is 0 Å². The van der Waals surface area contributed by atoms with Gasteiger partial charge in [0.15, 0.2) is 0 Å². The minimum absolute atomic E-state index is 0.0668. The van der Waals surface area contributed by atoms with E-state index in [1.54, 1.807) is 6.20 Å². The zero-order valence-electron chi connectivity index (χ0n) is 9.90. The van der Waals surface area contributed by atoms with Crippen LogP contribution >= 0.6 is 11.6 Å². The molecule has 1 aromatic heterocycles. The summed E-state index contributed by atoms with van der Waals surface area (Å²) in [5, 5.41) is 0.542. The van der Waals surface area contributed by atoms with E-state index in [0.29, 0.717) is 23.4 Å². The van der Waals surface area contributed by atoms with E-state index in [-0.39, 0.29) is 6.04 Å². The summed E-state index contributed by atoms with van der Waals surface area (Å²) >= 11 is 6.00. The van der Waals surface area contributed by atoms with E-state index in [1.807, 2.05) is 0 Å². The molecule has 0 bridgehead atoms. The first kappa shape index (κ1) is 13.2. The molecule has 16 heavy (non-hydrogen) atoms. The van der Waals surface area contributed by atoms with Crippen molar-refractivity contribution in [2.24, 2.45) is 11.7 Å². The minimum atomic E-state index is 0.0668. The molecule has 2 N–H and O–H groups in total. The van der Waals surface area contributed by atoms with Crippen molar-refractivity contribution in [2.45, 2.75) is 32.7 Å². The molecule has 1 rings (SSSR count). The number of nitrogens with zero attached hydrogens (tertiary/aromatic N) is 2. The molecular formula is C11H18ClN3O. The highest BCUT2D eigenvalue weighted by molar-refractivity contribution is 6.31. The summed E-state index contributed by atoms with van der Waals surface area (Å²) in [6.45, 7) is 4.28. The molecule has 0 aliphatic heterocycles. The van der Waals surface area contributed by atoms with Crippen molar-refractivity contribution in [1.29, 1.82) is 0 Å². The highest BCUT2D eigenvalue weighted by Crippen LogP contribution is 2.18. The molecule has 0 saturated heterocycles. The van der Waals surface area contributed by atoms with E-state index in [2.05, 4.69) is 23.8 Å². The number of aromatic nitrogens is 2. The number of rotatable bonds is 5. The zero-order valence-corrected chi connectivity index (χ0v) is 10.7. The Bertz CT molecular complexity index is 344. The van der Waals surface area contributed by atoms with Gasteiger partial charge in [0.1, 0.15) is 0 Å². The van der Waals surface area contributed by atoms with Crippen LogP contribution in [0.15, 0.2) is 6.20 Å². The molecule has 0 aliphatic rings. The lowest BCUT2D eigenvalue weighted by Crippen LogP contribution is -2.25. The Labute approximate surface area is 101 Å². The Balaban J connectivity index is 2.71. The Morgan fingerprint density at radius 3 is 2.75 bits per heavy atom. The molecule has 1 unspecified atom stereocenters. The van der Waals surface area contributed by atoms with Crippen LogP contribution in [0.1, 0.15) is 26.0 Å². The second kappa shape index (κ2) is 6.01. The van der Waals surface area contributed by atoms with E-state index in [1.165, 1.54) is 7.11 Å². The van der Waals surface area contributed by atoms with E-state index < -0.39 is 0 Å². The maximum atomic E-state index is 6.01. The normalized spacial score (nSPS) is 12.9. The summed E-state index contributed by atoms with van der Waals surface area (Å²) in [6.07, 6.45) is 3.14. The van der Waals surface area contributed by atoms with Crippen LogP contribution in [0.2, 0.25) is 5.02 Å². The predicted octanol–water partition coefficient (Wildman–Crippen LogP) is 2.05. The van der Waals surface area contributed by atoms with E-state index in [0.717, 1.165) is 12.1 Å². The van der Waals surface area contributed by atoms with Crippen LogP contribution < -0.4 is 10.5 Å². The van der Waals surface area contributed by atoms with Crippen molar-refractivity contribution in [2.75, 3.05) is 7.11 Å². The molecule has 0 fully saturated rings. The monoisotopic (exact) mass is 243 g/mol. The Morgan fingerprint density at radius 1 is 1.50 bits per heavy atom. The molecule has 1 aromatic rings. The van der Waals surface area contributed by atoms with E-state index in [4.69, 9.17) is 22.1 Å². The summed E-state index contributed by atoms with van der Waals surface area (Å²) in [7, 11) is 1.53. The van der Waals surface area contributed by atoms with Gasteiger partial charge in [0.25, 0.3) is 0 Å². The molecule has 90 valence electrons. The van der Waals surface area contributed by atoms with Gasteiger partial charge in [0.05, 0.1) is 24.0 Å². The fraction of sp³-hybridized carbons (Fsp3) is 0.636. The van der Waals surface area contributed by atoms with Crippen molar-refractivity contribution in [3.05, 3.63) is 16.9 Å². The smallest absolute Gasteiger partial charge is 0.316 e. The van der Waals surface area contributed by atoms with Crippen LogP contribution in [-0.2, 0) is 6.42 Å². The maximum absolute atomic E-state index is 6.01. The lowest BCUT2D eigenvalue weighted by molar-refractivity contribution is 0.376. The minimum Gasteiger partial charge on any atom is -0.467 e. The molecule has 0 radical (unpaired) electrons. The fourth-order valence-corrected chi connectivity index (χ4v) is 1.73. The van der Waals surface area contributed by atoms with Crippen molar-refractivity contribution in [3.8, 4) is 6.01 Å². The first-order chi connectivity index (χ1) is 7.52. The van der Waals surface area contributed by atoms with Gasteiger partial charge >= 0.3 is 6.01 Å². The van der Waals surface area contributed by atoms with Gasteiger partial charge in [-0.05, 0) is 12.3 Å². The first-order valence-corrected chi connectivity index (χ1v) is 5.71. The van der Waals surface area contributed by atoms with Crippen molar-refractivity contribution in [1.82, 2.24) is 9.97 Å². The van der Waals surface area contributed by atoms with Crippen LogP contribution in [-0.4, -0.2) is 23.1 Å². The average Bonchev–Trinajstić information content (AvgIpc) is 2.20. The highest BCUT2D eigenvalue weighted by Gasteiger charge is 2.12. The van der Waals surface area contributed by atoms with Gasteiger partial charge in [-0.2, -0.15) is 4.98 Å². The van der Waals surface area contributed by atoms with Gasteiger partial charge in [-0.25, -0.2) is 4.98 Å². The molecule has 0 aliphatic carbocycles. The standard InChI is InChI=1S/C11H18ClN3O/c1-7(2)4-8(13)5-10-9(12)6-14-11(15-10)16-3/h6-8H,4-5,13H2,1-3H3.